The van der Waals surface area contributed by atoms with Crippen LogP contribution in [0.3, 0.4) is 0 Å². The highest BCUT2D eigenvalue weighted by Gasteiger charge is 2.44. The van der Waals surface area contributed by atoms with Crippen molar-refractivity contribution in [1.29, 1.82) is 0 Å². The average molecular weight is 387 g/mol. The minimum atomic E-state index is -1.42. The van der Waals surface area contributed by atoms with Crippen LogP contribution in [-0.2, 0) is 19.7 Å². The fourth-order valence-electron chi connectivity index (χ4n) is 3.06. The molecule has 6 nitrogen and oxygen atoms in total. The molecule has 4 atom stereocenters. The zero-order valence-electron chi connectivity index (χ0n) is 17.1. The Kier molecular flexibility index (Phi) is 6.67. The molecule has 0 saturated carbocycles. The summed E-state index contributed by atoms with van der Waals surface area (Å²) in [6.45, 7) is 6.96. The first-order valence-corrected chi connectivity index (χ1v) is 9.42. The van der Waals surface area contributed by atoms with E-state index >= 15 is 0 Å². The summed E-state index contributed by atoms with van der Waals surface area (Å²) < 4.78 is 10.7. The Hall–Kier alpha value is -2.60. The van der Waals surface area contributed by atoms with E-state index < -0.39 is 29.5 Å². The summed E-state index contributed by atoms with van der Waals surface area (Å²) >= 11 is 0. The second-order valence-electron chi connectivity index (χ2n) is 7.43. The number of hydrogen-bond donors (Lipinski definition) is 2. The lowest BCUT2D eigenvalue weighted by Crippen LogP contribution is -2.48. The fourth-order valence-corrected chi connectivity index (χ4v) is 3.06. The van der Waals surface area contributed by atoms with Crippen LogP contribution in [0.5, 0.6) is 5.75 Å². The molecule has 0 fully saturated rings. The highest BCUT2D eigenvalue weighted by atomic mass is 16.5. The van der Waals surface area contributed by atoms with E-state index in [-0.39, 0.29) is 5.92 Å². The molecule has 152 valence electrons. The van der Waals surface area contributed by atoms with Crippen LogP contribution in [0.2, 0.25) is 0 Å². The molecular weight excluding hydrogens is 358 g/mol. The molecule has 0 bridgehead atoms. The molecular formula is C22H29NO5. The molecule has 2 aromatic rings. The minimum absolute atomic E-state index is 0.0496. The molecule has 0 aliphatic rings. The lowest BCUT2D eigenvalue weighted by Gasteiger charge is -2.33. The van der Waals surface area contributed by atoms with Crippen molar-refractivity contribution in [2.45, 2.75) is 51.7 Å². The summed E-state index contributed by atoms with van der Waals surface area (Å²) in [7, 11) is 1.59. The number of esters is 1. The molecule has 6 heteroatoms. The zero-order chi connectivity index (χ0) is 21.1. The van der Waals surface area contributed by atoms with Gasteiger partial charge in [-0.05, 0) is 54.3 Å². The number of aliphatic carboxylic acids is 1. The molecule has 2 unspecified atom stereocenters. The number of hydrogen-bond acceptors (Lipinski definition) is 5. The monoisotopic (exact) mass is 387 g/mol. The molecule has 2 rings (SSSR count). The van der Waals surface area contributed by atoms with Crippen LogP contribution in [0, 0.1) is 5.92 Å². The van der Waals surface area contributed by atoms with Gasteiger partial charge in [0, 0.05) is 0 Å². The molecule has 0 aliphatic carbocycles. The van der Waals surface area contributed by atoms with Crippen molar-refractivity contribution in [3.63, 3.8) is 0 Å². The Morgan fingerprint density at radius 1 is 1.14 bits per heavy atom. The predicted octanol–water partition coefficient (Wildman–Crippen LogP) is 3.50. The summed E-state index contributed by atoms with van der Waals surface area (Å²) in [5.74, 6) is -0.980. The standard InChI is InChI=1S/C22H29NO5/c1-6-13(2)19(23)20(24)28-14(3)22(4,21(25)26)17-9-7-16-12-18(27-5)10-8-15(16)11-17/h7-14,19H,6,23H2,1-5H3,(H,25,26)/t13-,14?,19-,22?/m0/s1. The first-order chi connectivity index (χ1) is 13.1. The van der Waals surface area contributed by atoms with Gasteiger partial charge in [0.2, 0.25) is 0 Å². The van der Waals surface area contributed by atoms with E-state index in [1.54, 1.807) is 27.0 Å². The van der Waals surface area contributed by atoms with Crippen LogP contribution in [0.1, 0.15) is 39.7 Å². The lowest BCUT2D eigenvalue weighted by atomic mass is 9.77. The number of carboxylic acid groups (broad SMARTS) is 1. The molecule has 0 aliphatic heterocycles. The smallest absolute Gasteiger partial charge is 0.323 e. The van der Waals surface area contributed by atoms with Crippen LogP contribution >= 0.6 is 0 Å². The van der Waals surface area contributed by atoms with Gasteiger partial charge in [0.1, 0.15) is 23.3 Å². The Morgan fingerprint density at radius 3 is 2.32 bits per heavy atom. The van der Waals surface area contributed by atoms with Gasteiger partial charge < -0.3 is 20.3 Å². The first kappa shape index (κ1) is 21.7. The van der Waals surface area contributed by atoms with Gasteiger partial charge in [0.25, 0.3) is 0 Å². The maximum atomic E-state index is 12.4. The Balaban J connectivity index is 2.38. The Bertz CT molecular complexity index is 865. The second kappa shape index (κ2) is 8.61. The molecule has 0 aromatic heterocycles. The number of benzene rings is 2. The first-order valence-electron chi connectivity index (χ1n) is 9.42. The molecule has 0 radical (unpaired) electrons. The minimum Gasteiger partial charge on any atom is -0.497 e. The molecule has 0 spiro atoms. The van der Waals surface area contributed by atoms with Gasteiger partial charge in [-0.25, -0.2) is 0 Å². The van der Waals surface area contributed by atoms with Crippen LogP contribution in [0.4, 0.5) is 0 Å². The van der Waals surface area contributed by atoms with Crippen molar-refractivity contribution < 1.29 is 24.2 Å². The van der Waals surface area contributed by atoms with E-state index in [1.807, 2.05) is 44.2 Å². The number of fused-ring (bicyclic) bond motifs is 1. The van der Waals surface area contributed by atoms with Crippen molar-refractivity contribution in [1.82, 2.24) is 0 Å². The van der Waals surface area contributed by atoms with Crippen LogP contribution in [-0.4, -0.2) is 36.3 Å². The van der Waals surface area contributed by atoms with Crippen molar-refractivity contribution in [3.05, 3.63) is 42.0 Å². The van der Waals surface area contributed by atoms with E-state index in [1.165, 1.54) is 0 Å². The molecule has 0 saturated heterocycles. The number of carbonyl (C=O) groups excluding carboxylic acids is 1. The van der Waals surface area contributed by atoms with E-state index in [9.17, 15) is 14.7 Å². The van der Waals surface area contributed by atoms with Crippen molar-refractivity contribution in [3.8, 4) is 5.75 Å². The number of ether oxygens (including phenoxy) is 2. The third-order valence-electron chi connectivity index (χ3n) is 5.73. The molecule has 0 amide bonds. The summed E-state index contributed by atoms with van der Waals surface area (Å²) in [6.07, 6.45) is -0.169. The van der Waals surface area contributed by atoms with E-state index in [0.717, 1.165) is 22.9 Å². The Morgan fingerprint density at radius 2 is 1.75 bits per heavy atom. The van der Waals surface area contributed by atoms with Crippen LogP contribution in [0.25, 0.3) is 10.8 Å². The Labute approximate surface area is 165 Å². The van der Waals surface area contributed by atoms with Crippen LogP contribution < -0.4 is 10.5 Å². The number of methoxy groups -OCH3 is 1. The quantitative estimate of drug-likeness (QED) is 0.673. The third-order valence-corrected chi connectivity index (χ3v) is 5.73. The highest BCUT2D eigenvalue weighted by molar-refractivity contribution is 5.88. The number of carboxylic acids is 1. The fraction of sp³-hybridized carbons (Fsp3) is 0.455. The largest absolute Gasteiger partial charge is 0.497 e. The SMILES string of the molecule is CC[C@H](C)[C@H](N)C(=O)OC(C)C(C)(C(=O)O)c1ccc2cc(OC)ccc2c1. The van der Waals surface area contributed by atoms with Gasteiger partial charge >= 0.3 is 11.9 Å². The van der Waals surface area contributed by atoms with Gasteiger partial charge in [0.15, 0.2) is 0 Å². The van der Waals surface area contributed by atoms with Gasteiger partial charge in [-0.15, -0.1) is 0 Å². The molecule has 28 heavy (non-hydrogen) atoms. The lowest BCUT2D eigenvalue weighted by molar-refractivity contribution is -0.161. The van der Waals surface area contributed by atoms with Gasteiger partial charge in [-0.2, -0.15) is 0 Å². The predicted molar refractivity (Wildman–Crippen MR) is 108 cm³/mol. The summed E-state index contributed by atoms with van der Waals surface area (Å²) in [4.78, 5) is 24.6. The van der Waals surface area contributed by atoms with E-state index in [0.29, 0.717) is 5.56 Å². The topological polar surface area (TPSA) is 98.9 Å². The molecule has 2 aromatic carbocycles. The van der Waals surface area contributed by atoms with E-state index in [4.69, 9.17) is 15.2 Å². The van der Waals surface area contributed by atoms with E-state index in [2.05, 4.69) is 0 Å². The normalized spacial score (nSPS) is 16.6. The van der Waals surface area contributed by atoms with Gasteiger partial charge in [0.05, 0.1) is 7.11 Å². The summed E-state index contributed by atoms with van der Waals surface area (Å²) in [6, 6.07) is 10.2. The maximum Gasteiger partial charge on any atom is 0.323 e. The summed E-state index contributed by atoms with van der Waals surface area (Å²) in [5.41, 5.74) is 5.08. The third kappa shape index (κ3) is 4.12. The second-order valence-corrected chi connectivity index (χ2v) is 7.43. The zero-order valence-corrected chi connectivity index (χ0v) is 17.1. The van der Waals surface area contributed by atoms with Crippen molar-refractivity contribution in [2.24, 2.45) is 11.7 Å². The van der Waals surface area contributed by atoms with Crippen molar-refractivity contribution in [2.75, 3.05) is 7.11 Å². The maximum absolute atomic E-state index is 12.4. The van der Waals surface area contributed by atoms with Crippen molar-refractivity contribution >= 4 is 22.7 Å². The average Bonchev–Trinajstić information content (AvgIpc) is 2.70. The number of nitrogens with two attached hydrogens (primary N) is 1. The molecule has 0 heterocycles. The number of rotatable bonds is 8. The number of carbonyl (C=O) groups is 2. The van der Waals surface area contributed by atoms with Crippen LogP contribution in [0.15, 0.2) is 36.4 Å². The molecule has 3 N–H and O–H groups in total. The summed E-state index contributed by atoms with van der Waals surface area (Å²) in [5, 5.41) is 11.8. The highest BCUT2D eigenvalue weighted by Crippen LogP contribution is 2.33. The van der Waals surface area contributed by atoms with Gasteiger partial charge in [-0.1, -0.05) is 38.5 Å². The van der Waals surface area contributed by atoms with Gasteiger partial charge in [-0.3, -0.25) is 9.59 Å².